The molecule has 0 radical (unpaired) electrons. The molecule has 0 aliphatic rings. The molecule has 1 aromatic heterocycles. The van der Waals surface area contributed by atoms with Crippen LogP contribution in [0.1, 0.15) is 11.7 Å². The molecular weight excluding hydrogens is 300 g/mol. The first-order valence-corrected chi connectivity index (χ1v) is 8.16. The van der Waals surface area contributed by atoms with E-state index in [0.717, 1.165) is 5.39 Å². The molecule has 2 aromatic carbocycles. The predicted octanol–water partition coefficient (Wildman–Crippen LogP) is 3.10. The largest absolute Gasteiger partial charge is 0.285 e. The molecule has 6 heteroatoms. The lowest BCUT2D eigenvalue weighted by atomic mass is 10.2. The Morgan fingerprint density at radius 1 is 1.00 bits per heavy atom. The van der Waals surface area contributed by atoms with Crippen LogP contribution in [0.25, 0.3) is 10.9 Å². The Morgan fingerprint density at radius 3 is 2.41 bits per heavy atom. The van der Waals surface area contributed by atoms with Crippen molar-refractivity contribution < 1.29 is 13.2 Å². The summed E-state index contributed by atoms with van der Waals surface area (Å²) in [6, 6.07) is 15.1. The van der Waals surface area contributed by atoms with Crippen molar-refractivity contribution in [3.63, 3.8) is 0 Å². The van der Waals surface area contributed by atoms with E-state index in [-0.39, 0.29) is 10.8 Å². The normalized spacial score (nSPS) is 11.5. The maximum atomic E-state index is 12.4. The lowest BCUT2D eigenvalue weighted by Crippen LogP contribution is -2.14. The Labute approximate surface area is 128 Å². The van der Waals surface area contributed by atoms with Crippen LogP contribution in [-0.2, 0) is 10.0 Å². The van der Waals surface area contributed by atoms with Crippen molar-refractivity contribution >= 4 is 32.5 Å². The molecule has 0 aliphatic heterocycles. The number of aromatic nitrogens is 1. The number of nitrogens with one attached hydrogen (secondary N) is 1. The van der Waals surface area contributed by atoms with Gasteiger partial charge in [0, 0.05) is 18.5 Å². The zero-order chi connectivity index (χ0) is 15.7. The first-order chi connectivity index (χ1) is 10.5. The summed E-state index contributed by atoms with van der Waals surface area (Å²) in [5.41, 5.74) is 0.927. The van der Waals surface area contributed by atoms with Gasteiger partial charge in [-0.15, -0.1) is 0 Å². The molecule has 1 heterocycles. The van der Waals surface area contributed by atoms with Crippen LogP contribution >= 0.6 is 0 Å². The molecule has 3 rings (SSSR count). The molecule has 5 nitrogen and oxygen atoms in total. The van der Waals surface area contributed by atoms with Crippen molar-refractivity contribution in [2.24, 2.45) is 0 Å². The first-order valence-electron chi connectivity index (χ1n) is 6.68. The zero-order valence-electron chi connectivity index (χ0n) is 11.9. The van der Waals surface area contributed by atoms with E-state index in [9.17, 15) is 13.2 Å². The van der Waals surface area contributed by atoms with Crippen molar-refractivity contribution in [1.29, 1.82) is 0 Å². The van der Waals surface area contributed by atoms with E-state index in [0.29, 0.717) is 11.2 Å². The number of carbonyl (C=O) groups is 1. The number of benzene rings is 2. The molecule has 3 aromatic rings. The minimum Gasteiger partial charge on any atom is -0.285 e. The summed E-state index contributed by atoms with van der Waals surface area (Å²) in [4.78, 5) is 11.9. The molecule has 0 saturated heterocycles. The number of para-hydroxylation sites is 1. The van der Waals surface area contributed by atoms with Gasteiger partial charge in [-0.3, -0.25) is 14.1 Å². The summed E-state index contributed by atoms with van der Waals surface area (Å²) in [5.74, 6) is -0.179. The maximum Gasteiger partial charge on any atom is 0.261 e. The number of rotatable bonds is 3. The van der Waals surface area contributed by atoms with Crippen LogP contribution in [0.5, 0.6) is 0 Å². The number of hydrogen-bond acceptors (Lipinski definition) is 3. The fourth-order valence-corrected chi connectivity index (χ4v) is 3.43. The summed E-state index contributed by atoms with van der Waals surface area (Å²) in [5, 5.41) is 0.795. The summed E-state index contributed by atoms with van der Waals surface area (Å²) in [7, 11) is -3.70. The van der Waals surface area contributed by atoms with Gasteiger partial charge in [0.15, 0.2) is 0 Å². The van der Waals surface area contributed by atoms with Crippen LogP contribution in [-0.4, -0.2) is 18.9 Å². The van der Waals surface area contributed by atoms with Gasteiger partial charge in [-0.05, 0) is 24.3 Å². The second-order valence-corrected chi connectivity index (χ2v) is 6.55. The van der Waals surface area contributed by atoms with E-state index in [1.165, 1.54) is 23.6 Å². The second-order valence-electron chi connectivity index (χ2n) is 4.87. The molecular formula is C16H14N2O3S. The zero-order valence-corrected chi connectivity index (χ0v) is 12.7. The second kappa shape index (κ2) is 5.31. The van der Waals surface area contributed by atoms with Crippen molar-refractivity contribution in [3.8, 4) is 0 Å². The molecule has 1 N–H and O–H groups in total. The lowest BCUT2D eigenvalue weighted by molar-refractivity contribution is 0.0941. The van der Waals surface area contributed by atoms with Gasteiger partial charge in [-0.2, -0.15) is 0 Å². The Bertz CT molecular complexity index is 944. The van der Waals surface area contributed by atoms with Crippen molar-refractivity contribution in [2.45, 2.75) is 11.8 Å². The van der Waals surface area contributed by atoms with Crippen LogP contribution in [0.4, 0.5) is 5.69 Å². The molecule has 0 spiro atoms. The smallest absolute Gasteiger partial charge is 0.261 e. The van der Waals surface area contributed by atoms with E-state index in [1.54, 1.807) is 42.6 Å². The van der Waals surface area contributed by atoms with Gasteiger partial charge in [0.25, 0.3) is 10.0 Å². The molecule has 0 bridgehead atoms. The summed E-state index contributed by atoms with van der Waals surface area (Å²) in [6.45, 7) is 1.43. The summed E-state index contributed by atoms with van der Waals surface area (Å²) < 4.78 is 28.9. The monoisotopic (exact) mass is 314 g/mol. The van der Waals surface area contributed by atoms with Crippen molar-refractivity contribution in [1.82, 2.24) is 4.57 Å². The molecule has 0 aliphatic carbocycles. The van der Waals surface area contributed by atoms with Gasteiger partial charge >= 0.3 is 0 Å². The topological polar surface area (TPSA) is 68.2 Å². The minimum atomic E-state index is -3.70. The van der Waals surface area contributed by atoms with Crippen LogP contribution in [0.3, 0.4) is 0 Å². The highest BCUT2D eigenvalue weighted by Gasteiger charge is 2.17. The fraction of sp³-hybridized carbons (Fsp3) is 0.0625. The van der Waals surface area contributed by atoms with E-state index in [1.807, 2.05) is 6.07 Å². The summed E-state index contributed by atoms with van der Waals surface area (Å²) in [6.07, 6.45) is 1.63. The van der Waals surface area contributed by atoms with Crippen molar-refractivity contribution in [2.75, 3.05) is 4.72 Å². The Morgan fingerprint density at radius 2 is 1.73 bits per heavy atom. The average molecular weight is 314 g/mol. The summed E-state index contributed by atoms with van der Waals surface area (Å²) >= 11 is 0. The van der Waals surface area contributed by atoms with Gasteiger partial charge in [-0.25, -0.2) is 8.42 Å². The first kappa shape index (κ1) is 14.3. The van der Waals surface area contributed by atoms with E-state index in [2.05, 4.69) is 4.72 Å². The van der Waals surface area contributed by atoms with Gasteiger partial charge in [0.05, 0.1) is 16.1 Å². The Balaban J connectivity index is 2.12. The SMILES string of the molecule is CC(=O)n1ccc2cccc(NS(=O)(=O)c3ccccc3)c21. The maximum absolute atomic E-state index is 12.4. The highest BCUT2D eigenvalue weighted by molar-refractivity contribution is 7.92. The van der Waals surface area contributed by atoms with Crippen LogP contribution in [0.15, 0.2) is 65.7 Å². The third kappa shape index (κ3) is 2.48. The number of anilines is 1. The van der Waals surface area contributed by atoms with Gasteiger partial charge in [0.1, 0.15) is 0 Å². The average Bonchev–Trinajstić information content (AvgIpc) is 2.93. The molecule has 0 fully saturated rings. The fourth-order valence-electron chi connectivity index (χ4n) is 2.34. The molecule has 0 unspecified atom stereocenters. The number of nitrogens with zero attached hydrogens (tertiary/aromatic N) is 1. The van der Waals surface area contributed by atoms with E-state index in [4.69, 9.17) is 0 Å². The predicted molar refractivity (Wildman–Crippen MR) is 85.5 cm³/mol. The third-order valence-corrected chi connectivity index (χ3v) is 4.73. The third-order valence-electron chi connectivity index (χ3n) is 3.35. The standard InChI is InChI=1S/C16H14N2O3S/c1-12(19)18-11-10-13-6-5-9-15(16(13)18)17-22(20,21)14-7-3-2-4-8-14/h2-11,17H,1H3. The minimum absolute atomic E-state index is 0.174. The lowest BCUT2D eigenvalue weighted by Gasteiger charge is -2.11. The van der Waals surface area contributed by atoms with Gasteiger partial charge < -0.3 is 0 Å². The van der Waals surface area contributed by atoms with E-state index < -0.39 is 10.0 Å². The number of sulfonamides is 1. The molecule has 0 amide bonds. The Hall–Kier alpha value is -2.60. The molecule has 22 heavy (non-hydrogen) atoms. The van der Waals surface area contributed by atoms with Crippen LogP contribution < -0.4 is 4.72 Å². The molecule has 112 valence electrons. The van der Waals surface area contributed by atoms with Gasteiger partial charge in [0.2, 0.25) is 5.91 Å². The van der Waals surface area contributed by atoms with Crippen LogP contribution in [0, 0.1) is 0 Å². The Kier molecular flexibility index (Phi) is 3.46. The van der Waals surface area contributed by atoms with Crippen LogP contribution in [0.2, 0.25) is 0 Å². The van der Waals surface area contributed by atoms with Gasteiger partial charge in [-0.1, -0.05) is 30.3 Å². The number of carbonyl (C=O) groups excluding carboxylic acids is 1. The molecule has 0 atom stereocenters. The number of fused-ring (bicyclic) bond motifs is 1. The highest BCUT2D eigenvalue weighted by atomic mass is 32.2. The quantitative estimate of drug-likeness (QED) is 0.807. The molecule has 0 saturated carbocycles. The van der Waals surface area contributed by atoms with E-state index >= 15 is 0 Å². The highest BCUT2D eigenvalue weighted by Crippen LogP contribution is 2.26. The van der Waals surface area contributed by atoms with Crippen molar-refractivity contribution in [3.05, 3.63) is 60.8 Å². The number of hydrogen-bond donors (Lipinski definition) is 1.